The second-order valence-corrected chi connectivity index (χ2v) is 6.99. The van der Waals surface area contributed by atoms with Crippen molar-refractivity contribution in [3.05, 3.63) is 52.5 Å². The SMILES string of the molecule is COc1ccc(F)c([C@@H]2[C@H]3CN(C(C)=O)CC=C3C(C#N)=C(N)C2(C#N)C#N)c1. The number of ether oxygens (including phenoxy) is 1. The Morgan fingerprint density at radius 3 is 2.59 bits per heavy atom. The summed E-state index contributed by atoms with van der Waals surface area (Å²) in [7, 11) is 1.42. The van der Waals surface area contributed by atoms with Crippen LogP contribution in [0.4, 0.5) is 4.39 Å². The van der Waals surface area contributed by atoms with Crippen LogP contribution >= 0.6 is 0 Å². The van der Waals surface area contributed by atoms with E-state index in [1.165, 1.54) is 37.1 Å². The maximum atomic E-state index is 14.9. The molecule has 7 nitrogen and oxygen atoms in total. The predicted octanol–water partition coefficient (Wildman–Crippen LogP) is 2.11. The fourth-order valence-electron chi connectivity index (χ4n) is 4.17. The summed E-state index contributed by atoms with van der Waals surface area (Å²) in [6.07, 6.45) is 1.69. The molecule has 0 unspecified atom stereocenters. The van der Waals surface area contributed by atoms with Gasteiger partial charge in [0, 0.05) is 31.8 Å². The van der Waals surface area contributed by atoms with E-state index in [-0.39, 0.29) is 35.8 Å². The summed E-state index contributed by atoms with van der Waals surface area (Å²) in [6.45, 7) is 1.80. The first kappa shape index (κ1) is 19.9. The Kier molecular flexibility index (Phi) is 5.01. The summed E-state index contributed by atoms with van der Waals surface area (Å²) in [5.41, 5.74) is 4.65. The normalized spacial score (nSPS) is 22.5. The number of hydrogen-bond acceptors (Lipinski definition) is 6. The average Bonchev–Trinajstić information content (AvgIpc) is 2.73. The molecule has 3 rings (SSSR count). The van der Waals surface area contributed by atoms with Gasteiger partial charge in [0.05, 0.1) is 30.5 Å². The number of rotatable bonds is 2. The molecule has 0 fully saturated rings. The molecule has 0 bridgehead atoms. The van der Waals surface area contributed by atoms with Crippen LogP contribution in [-0.2, 0) is 4.79 Å². The molecule has 2 aliphatic rings. The van der Waals surface area contributed by atoms with E-state index in [2.05, 4.69) is 0 Å². The number of halogens is 1. The highest BCUT2D eigenvalue weighted by atomic mass is 19.1. The molecule has 1 aliphatic heterocycles. The number of nitrogens with zero attached hydrogens (tertiary/aromatic N) is 4. The Labute approximate surface area is 167 Å². The minimum absolute atomic E-state index is 0.0425. The molecule has 1 amide bonds. The molecule has 0 saturated heterocycles. The number of methoxy groups -OCH3 is 1. The van der Waals surface area contributed by atoms with Crippen LogP contribution in [0.2, 0.25) is 0 Å². The summed E-state index contributed by atoms with van der Waals surface area (Å²) in [4.78, 5) is 13.5. The minimum Gasteiger partial charge on any atom is -0.497 e. The number of nitriles is 3. The fraction of sp³-hybridized carbons (Fsp3) is 0.333. The maximum Gasteiger partial charge on any atom is 0.219 e. The van der Waals surface area contributed by atoms with Gasteiger partial charge in [-0.05, 0) is 29.3 Å². The molecule has 1 aliphatic carbocycles. The monoisotopic (exact) mass is 391 g/mol. The van der Waals surface area contributed by atoms with Crippen molar-refractivity contribution >= 4 is 5.91 Å². The van der Waals surface area contributed by atoms with Crippen molar-refractivity contribution in [3.8, 4) is 24.0 Å². The number of allylic oxidation sites excluding steroid dienone is 2. The number of carbonyl (C=O) groups is 1. The smallest absolute Gasteiger partial charge is 0.219 e. The summed E-state index contributed by atoms with van der Waals surface area (Å²) in [5.74, 6) is -2.16. The third-order valence-corrected chi connectivity index (χ3v) is 5.65. The molecule has 1 aromatic carbocycles. The third kappa shape index (κ3) is 2.88. The predicted molar refractivity (Wildman–Crippen MR) is 100 cm³/mol. The van der Waals surface area contributed by atoms with E-state index in [1.807, 2.05) is 18.2 Å². The standard InChI is InChI=1S/C21H18FN5O2/c1-12(28)27-6-5-14-16(8-23)20(26)21(10-24,11-25)19(17(14)9-27)15-7-13(29-2)3-4-18(15)22/h3-5,7,17,19H,6,9,26H2,1-2H3/t17-,19+/m0/s1. The summed E-state index contributed by atoms with van der Waals surface area (Å²) in [5, 5.41) is 29.7. The molecule has 146 valence electrons. The van der Waals surface area contributed by atoms with Gasteiger partial charge in [0.1, 0.15) is 17.6 Å². The van der Waals surface area contributed by atoms with Gasteiger partial charge in [-0.25, -0.2) is 4.39 Å². The van der Waals surface area contributed by atoms with Gasteiger partial charge < -0.3 is 15.4 Å². The zero-order valence-electron chi connectivity index (χ0n) is 15.9. The number of nitrogens with two attached hydrogens (primary N) is 1. The molecule has 29 heavy (non-hydrogen) atoms. The molecule has 1 heterocycles. The van der Waals surface area contributed by atoms with Crippen LogP contribution in [-0.4, -0.2) is 31.0 Å². The highest BCUT2D eigenvalue weighted by Gasteiger charge is 2.55. The molecular formula is C21H18FN5O2. The highest BCUT2D eigenvalue weighted by molar-refractivity contribution is 5.74. The summed E-state index contributed by atoms with van der Waals surface area (Å²) < 4.78 is 20.1. The first-order chi connectivity index (χ1) is 13.8. The molecule has 0 saturated carbocycles. The number of carbonyl (C=O) groups excluding carboxylic acids is 1. The molecule has 2 N–H and O–H groups in total. The first-order valence-corrected chi connectivity index (χ1v) is 8.86. The van der Waals surface area contributed by atoms with Crippen molar-refractivity contribution in [2.24, 2.45) is 17.1 Å². The van der Waals surface area contributed by atoms with Gasteiger partial charge >= 0.3 is 0 Å². The number of benzene rings is 1. The van der Waals surface area contributed by atoms with E-state index >= 15 is 0 Å². The number of amides is 1. The van der Waals surface area contributed by atoms with Crippen LogP contribution < -0.4 is 10.5 Å². The van der Waals surface area contributed by atoms with Gasteiger partial charge in [-0.2, -0.15) is 15.8 Å². The van der Waals surface area contributed by atoms with Crippen LogP contribution in [0.3, 0.4) is 0 Å². The van der Waals surface area contributed by atoms with Gasteiger partial charge in [0.2, 0.25) is 5.91 Å². The van der Waals surface area contributed by atoms with Gasteiger partial charge in [-0.1, -0.05) is 6.08 Å². The zero-order valence-corrected chi connectivity index (χ0v) is 15.9. The minimum atomic E-state index is -1.97. The summed E-state index contributed by atoms with van der Waals surface area (Å²) in [6, 6.07) is 9.93. The van der Waals surface area contributed by atoms with Gasteiger partial charge in [-0.3, -0.25) is 4.79 Å². The van der Waals surface area contributed by atoms with Gasteiger partial charge in [0.25, 0.3) is 0 Å². The van der Waals surface area contributed by atoms with Gasteiger partial charge in [0.15, 0.2) is 5.41 Å². The van der Waals surface area contributed by atoms with E-state index in [0.717, 1.165) is 0 Å². The highest BCUT2D eigenvalue weighted by Crippen LogP contribution is 2.54. The van der Waals surface area contributed by atoms with Crippen LogP contribution in [0.1, 0.15) is 18.4 Å². The van der Waals surface area contributed by atoms with E-state index in [9.17, 15) is 25.0 Å². The summed E-state index contributed by atoms with van der Waals surface area (Å²) >= 11 is 0. The van der Waals surface area contributed by atoms with E-state index in [4.69, 9.17) is 10.5 Å². The molecule has 1 aromatic rings. The van der Waals surface area contributed by atoms with Crippen LogP contribution in [0, 0.1) is 51.1 Å². The van der Waals surface area contributed by atoms with E-state index in [1.54, 1.807) is 6.08 Å². The Hall–Kier alpha value is -3.83. The van der Waals surface area contributed by atoms with E-state index in [0.29, 0.717) is 11.3 Å². The van der Waals surface area contributed by atoms with Crippen LogP contribution in [0.15, 0.2) is 41.1 Å². The molecule has 0 spiro atoms. The van der Waals surface area contributed by atoms with E-state index < -0.39 is 23.1 Å². The quantitative estimate of drug-likeness (QED) is 0.822. The van der Waals surface area contributed by atoms with Crippen molar-refractivity contribution in [2.45, 2.75) is 12.8 Å². The Morgan fingerprint density at radius 1 is 1.34 bits per heavy atom. The number of fused-ring (bicyclic) bond motifs is 1. The van der Waals surface area contributed by atoms with Crippen molar-refractivity contribution in [1.29, 1.82) is 15.8 Å². The fourth-order valence-corrected chi connectivity index (χ4v) is 4.17. The molecule has 8 heteroatoms. The lowest BCUT2D eigenvalue weighted by Gasteiger charge is -2.45. The lowest BCUT2D eigenvalue weighted by Crippen LogP contribution is -2.49. The van der Waals surface area contributed by atoms with Crippen LogP contribution in [0.25, 0.3) is 0 Å². The van der Waals surface area contributed by atoms with Crippen LogP contribution in [0.5, 0.6) is 5.75 Å². The third-order valence-electron chi connectivity index (χ3n) is 5.65. The first-order valence-electron chi connectivity index (χ1n) is 8.86. The lowest BCUT2D eigenvalue weighted by atomic mass is 9.58. The maximum absolute atomic E-state index is 14.9. The second kappa shape index (κ2) is 7.30. The van der Waals surface area contributed by atoms with Crippen molar-refractivity contribution in [3.63, 3.8) is 0 Å². The topological polar surface area (TPSA) is 127 Å². The second-order valence-electron chi connectivity index (χ2n) is 6.99. The van der Waals surface area contributed by atoms with Gasteiger partial charge in [-0.15, -0.1) is 0 Å². The lowest BCUT2D eigenvalue weighted by molar-refractivity contribution is -0.129. The number of hydrogen-bond donors (Lipinski definition) is 1. The Morgan fingerprint density at radius 2 is 2.03 bits per heavy atom. The molecule has 2 atom stereocenters. The Bertz CT molecular complexity index is 1060. The van der Waals surface area contributed by atoms with Crippen molar-refractivity contribution in [1.82, 2.24) is 4.90 Å². The molecule has 0 aromatic heterocycles. The van der Waals surface area contributed by atoms with Crippen molar-refractivity contribution < 1.29 is 13.9 Å². The average molecular weight is 391 g/mol. The molecular weight excluding hydrogens is 373 g/mol. The zero-order chi connectivity index (χ0) is 21.3. The van der Waals surface area contributed by atoms with Crippen molar-refractivity contribution in [2.75, 3.05) is 20.2 Å². The molecule has 0 radical (unpaired) electrons. The largest absolute Gasteiger partial charge is 0.497 e. The Balaban J connectivity index is 2.36.